The fraction of sp³-hybridized carbons (Fsp3) is 0. The number of halogens is 8. The van der Waals surface area contributed by atoms with Crippen LogP contribution in [0.5, 0.6) is 0 Å². The Morgan fingerprint density at radius 2 is 1.00 bits per heavy atom. The maximum Gasteiger partial charge on any atom is 0.289 e. The van der Waals surface area contributed by atoms with Crippen LogP contribution in [0.1, 0.15) is 5.56 Å². The highest BCUT2D eigenvalue weighted by Crippen LogP contribution is 2.33. The van der Waals surface area contributed by atoms with Crippen LogP contribution in [-0.2, 0) is 0 Å². The summed E-state index contributed by atoms with van der Waals surface area (Å²) < 4.78 is 87.1. The van der Waals surface area contributed by atoms with E-state index >= 15 is 0 Å². The molecule has 0 saturated carbocycles. The van der Waals surface area contributed by atoms with Crippen LogP contribution in [0.3, 0.4) is 0 Å². The van der Waals surface area contributed by atoms with Crippen LogP contribution in [-0.4, -0.2) is 0 Å². The molecule has 1 aromatic rings. The van der Waals surface area contributed by atoms with E-state index in [4.69, 9.17) is 11.6 Å². The zero-order valence-corrected chi connectivity index (χ0v) is 7.78. The minimum atomic E-state index is -2.76. The van der Waals surface area contributed by atoms with E-state index in [1.807, 2.05) is 0 Å². The van der Waals surface area contributed by atoms with E-state index in [-0.39, 0.29) is 0 Å². The first kappa shape index (κ1) is 12.8. The summed E-state index contributed by atoms with van der Waals surface area (Å²) in [5.74, 6) is -11.9. The Balaban J connectivity index is 3.72. The Kier molecular flexibility index (Phi) is 3.47. The van der Waals surface area contributed by atoms with Crippen molar-refractivity contribution >= 4 is 16.6 Å². The summed E-state index contributed by atoms with van der Waals surface area (Å²) in [6.45, 7) is 0. The predicted molar refractivity (Wildman–Crippen MR) is 41.2 cm³/mol. The predicted octanol–water partition coefficient (Wildman–Crippen LogP) is 4.19. The summed E-state index contributed by atoms with van der Waals surface area (Å²) in [5, 5.41) is -1.83. The molecule has 0 nitrogen and oxygen atoms in total. The van der Waals surface area contributed by atoms with Gasteiger partial charge in [-0.05, 0) is 0 Å². The van der Waals surface area contributed by atoms with E-state index < -0.39 is 45.8 Å². The second kappa shape index (κ2) is 4.32. The van der Waals surface area contributed by atoms with Crippen molar-refractivity contribution in [1.82, 2.24) is 0 Å². The van der Waals surface area contributed by atoms with Crippen molar-refractivity contribution in [2.45, 2.75) is 0 Å². The molecule has 0 saturated heterocycles. The Morgan fingerprint density at radius 3 is 1.31 bits per heavy atom. The molecule has 0 amide bonds. The lowest BCUT2D eigenvalue weighted by Crippen LogP contribution is -2.05. The zero-order chi connectivity index (χ0) is 12.6. The standard InChI is InChI=1S/C8ClF7/c9-2(8(15)16)1-3(10)5(12)7(14)6(13)4(1)11. The van der Waals surface area contributed by atoms with Crippen molar-refractivity contribution < 1.29 is 30.7 Å². The van der Waals surface area contributed by atoms with Gasteiger partial charge in [-0.2, -0.15) is 8.78 Å². The van der Waals surface area contributed by atoms with E-state index in [1.54, 1.807) is 0 Å². The second-order valence-electron chi connectivity index (χ2n) is 2.52. The van der Waals surface area contributed by atoms with Crippen LogP contribution in [0, 0.1) is 29.1 Å². The molecule has 0 aliphatic rings. The van der Waals surface area contributed by atoms with Crippen LogP contribution in [0.4, 0.5) is 30.7 Å². The molecule has 0 aromatic heterocycles. The molecule has 0 heterocycles. The Morgan fingerprint density at radius 1 is 0.688 bits per heavy atom. The van der Waals surface area contributed by atoms with Crippen molar-refractivity contribution in [1.29, 1.82) is 0 Å². The van der Waals surface area contributed by atoms with Gasteiger partial charge >= 0.3 is 0 Å². The van der Waals surface area contributed by atoms with Gasteiger partial charge in [0.05, 0.1) is 5.56 Å². The molecule has 0 N–H and O–H groups in total. The Hall–Kier alpha value is -1.24. The third-order valence-electron chi connectivity index (χ3n) is 1.60. The highest BCUT2D eigenvalue weighted by atomic mass is 35.5. The maximum atomic E-state index is 12.8. The van der Waals surface area contributed by atoms with Crippen LogP contribution >= 0.6 is 11.6 Å². The summed E-state index contributed by atoms with van der Waals surface area (Å²) in [5.41, 5.74) is -1.85. The zero-order valence-electron chi connectivity index (χ0n) is 7.02. The fourth-order valence-corrected chi connectivity index (χ4v) is 1.06. The average molecular weight is 265 g/mol. The van der Waals surface area contributed by atoms with Crippen molar-refractivity contribution in [3.05, 3.63) is 40.7 Å². The molecule has 0 spiro atoms. The van der Waals surface area contributed by atoms with Crippen molar-refractivity contribution in [2.75, 3.05) is 0 Å². The van der Waals surface area contributed by atoms with Gasteiger partial charge in [0.2, 0.25) is 5.82 Å². The molecule has 88 valence electrons. The van der Waals surface area contributed by atoms with Crippen LogP contribution in [0.2, 0.25) is 0 Å². The van der Waals surface area contributed by atoms with Crippen molar-refractivity contribution in [3.8, 4) is 0 Å². The molecule has 16 heavy (non-hydrogen) atoms. The lowest BCUT2D eigenvalue weighted by molar-refractivity contribution is 0.375. The molecule has 0 aliphatic heterocycles. The van der Waals surface area contributed by atoms with Gasteiger partial charge < -0.3 is 0 Å². The lowest BCUT2D eigenvalue weighted by Gasteiger charge is -2.06. The summed E-state index contributed by atoms with van der Waals surface area (Å²) in [4.78, 5) is 0. The molecule has 0 bridgehead atoms. The Bertz CT molecular complexity index is 447. The van der Waals surface area contributed by atoms with Crippen LogP contribution in [0.15, 0.2) is 6.08 Å². The first-order valence-electron chi connectivity index (χ1n) is 3.51. The average Bonchev–Trinajstić information content (AvgIpc) is 2.23. The van der Waals surface area contributed by atoms with Crippen molar-refractivity contribution in [2.24, 2.45) is 0 Å². The van der Waals surface area contributed by atoms with Gasteiger partial charge in [-0.25, -0.2) is 22.0 Å². The molecular weight excluding hydrogens is 265 g/mol. The van der Waals surface area contributed by atoms with Crippen LogP contribution in [0.25, 0.3) is 5.03 Å². The molecule has 0 unspecified atom stereocenters. The SMILES string of the molecule is FC(F)=C(Cl)c1c(F)c(F)c(F)c(F)c1F. The summed E-state index contributed by atoms with van der Waals surface area (Å²) >= 11 is 4.74. The van der Waals surface area contributed by atoms with Crippen LogP contribution < -0.4 is 0 Å². The first-order chi connectivity index (χ1) is 7.29. The lowest BCUT2D eigenvalue weighted by atomic mass is 10.1. The van der Waals surface area contributed by atoms with E-state index in [2.05, 4.69) is 0 Å². The second-order valence-corrected chi connectivity index (χ2v) is 2.90. The molecular formula is C8ClF7. The minimum Gasteiger partial charge on any atom is -0.203 e. The first-order valence-corrected chi connectivity index (χ1v) is 3.89. The smallest absolute Gasteiger partial charge is 0.203 e. The summed E-state index contributed by atoms with van der Waals surface area (Å²) in [6, 6.07) is 0. The number of rotatable bonds is 1. The van der Waals surface area contributed by atoms with E-state index in [1.165, 1.54) is 0 Å². The quantitative estimate of drug-likeness (QED) is 0.405. The number of hydrogen-bond donors (Lipinski definition) is 0. The molecule has 0 fully saturated rings. The van der Waals surface area contributed by atoms with Gasteiger partial charge in [0, 0.05) is 0 Å². The van der Waals surface area contributed by atoms with Crippen molar-refractivity contribution in [3.63, 3.8) is 0 Å². The third kappa shape index (κ3) is 1.87. The highest BCUT2D eigenvalue weighted by Gasteiger charge is 2.28. The van der Waals surface area contributed by atoms with Gasteiger partial charge in [-0.1, -0.05) is 11.6 Å². The molecule has 1 aromatic carbocycles. The number of hydrogen-bond acceptors (Lipinski definition) is 0. The molecule has 0 aliphatic carbocycles. The van der Waals surface area contributed by atoms with E-state index in [0.717, 1.165) is 0 Å². The van der Waals surface area contributed by atoms with E-state index in [9.17, 15) is 30.7 Å². The van der Waals surface area contributed by atoms with Gasteiger partial charge in [-0.15, -0.1) is 0 Å². The molecule has 1 rings (SSSR count). The van der Waals surface area contributed by atoms with Gasteiger partial charge in [0.1, 0.15) is 5.03 Å². The summed E-state index contributed by atoms with van der Waals surface area (Å²) in [6.07, 6.45) is -2.76. The van der Waals surface area contributed by atoms with Gasteiger partial charge in [0.25, 0.3) is 6.08 Å². The normalized spacial score (nSPS) is 10.5. The fourth-order valence-electron chi connectivity index (χ4n) is 0.892. The highest BCUT2D eigenvalue weighted by molar-refractivity contribution is 6.49. The number of benzene rings is 1. The molecule has 8 heteroatoms. The third-order valence-corrected chi connectivity index (χ3v) is 1.93. The Labute approximate surface area is 88.9 Å². The van der Waals surface area contributed by atoms with Gasteiger partial charge in [0.15, 0.2) is 23.3 Å². The molecule has 0 radical (unpaired) electrons. The monoisotopic (exact) mass is 264 g/mol. The van der Waals surface area contributed by atoms with Gasteiger partial charge in [-0.3, -0.25) is 0 Å². The maximum absolute atomic E-state index is 12.8. The molecule has 0 atom stereocenters. The minimum absolute atomic E-state index is 1.83. The topological polar surface area (TPSA) is 0 Å². The summed E-state index contributed by atoms with van der Waals surface area (Å²) in [7, 11) is 0. The largest absolute Gasteiger partial charge is 0.289 e. The van der Waals surface area contributed by atoms with E-state index in [0.29, 0.717) is 0 Å².